The van der Waals surface area contributed by atoms with E-state index < -0.39 is 6.17 Å². The number of carbonyl (C=O) groups is 1. The summed E-state index contributed by atoms with van der Waals surface area (Å²) >= 11 is 6.15. The molecular weight excluding hydrogens is 464 g/mol. The average Bonchev–Trinajstić information content (AvgIpc) is 3.50. The van der Waals surface area contributed by atoms with Gasteiger partial charge >= 0.3 is 0 Å². The van der Waals surface area contributed by atoms with Crippen LogP contribution in [0.15, 0.2) is 71.8 Å². The number of carbonyl (C=O) groups excluding carboxylic acids is 1. The van der Waals surface area contributed by atoms with E-state index in [-0.39, 0.29) is 12.6 Å². The van der Waals surface area contributed by atoms with Crippen molar-refractivity contribution in [1.82, 2.24) is 0 Å². The molecule has 2 aliphatic rings. The van der Waals surface area contributed by atoms with Crippen molar-refractivity contribution in [2.24, 2.45) is 5.10 Å². The molecule has 0 fully saturated rings. The number of Topliss-reactive ketones (excluding diaryl/α,β-unsaturated/α-hetero) is 1. The van der Waals surface area contributed by atoms with Gasteiger partial charge in [0.25, 0.3) is 0 Å². The van der Waals surface area contributed by atoms with Crippen LogP contribution < -0.4 is 24.3 Å². The molecule has 180 valence electrons. The highest BCUT2D eigenvalue weighted by Gasteiger charge is 2.39. The molecule has 0 aromatic heterocycles. The fourth-order valence-corrected chi connectivity index (χ4v) is 4.63. The summed E-state index contributed by atoms with van der Waals surface area (Å²) in [5, 5.41) is 7.27. The molecule has 2 aliphatic heterocycles. The first kappa shape index (κ1) is 23.1. The number of amidine groups is 1. The smallest absolute Gasteiger partial charge is 0.231 e. The maximum Gasteiger partial charge on any atom is 0.231 e. The van der Waals surface area contributed by atoms with Crippen molar-refractivity contribution in [3.05, 3.63) is 77.3 Å². The molecule has 0 N–H and O–H groups in total. The Morgan fingerprint density at radius 3 is 2.29 bits per heavy atom. The van der Waals surface area contributed by atoms with Gasteiger partial charge in [-0.3, -0.25) is 9.69 Å². The first-order chi connectivity index (χ1) is 17.0. The molecule has 0 spiro atoms. The van der Waals surface area contributed by atoms with E-state index in [0.29, 0.717) is 22.4 Å². The molecule has 2 heterocycles. The molecule has 0 saturated heterocycles. The molecule has 3 aromatic carbocycles. The van der Waals surface area contributed by atoms with Crippen LogP contribution in [0.4, 0.5) is 17.1 Å². The van der Waals surface area contributed by atoms with Crippen molar-refractivity contribution in [3.8, 4) is 11.5 Å². The van der Waals surface area contributed by atoms with Crippen molar-refractivity contribution in [3.63, 3.8) is 0 Å². The third-order valence-electron chi connectivity index (χ3n) is 6.26. The summed E-state index contributed by atoms with van der Waals surface area (Å²) in [5.41, 5.74) is 3.73. The topological polar surface area (TPSA) is 57.6 Å². The van der Waals surface area contributed by atoms with Crippen LogP contribution in [0.25, 0.3) is 0 Å². The van der Waals surface area contributed by atoms with E-state index in [1.165, 1.54) is 6.92 Å². The lowest BCUT2D eigenvalue weighted by Gasteiger charge is -2.32. The molecule has 0 radical (unpaired) electrons. The van der Waals surface area contributed by atoms with Gasteiger partial charge in [-0.2, -0.15) is 0 Å². The minimum atomic E-state index is -0.413. The van der Waals surface area contributed by atoms with E-state index in [1.807, 2.05) is 64.5 Å². The Balaban J connectivity index is 1.63. The number of ether oxygens (including phenoxy) is 2. The third-order valence-corrected chi connectivity index (χ3v) is 6.52. The molecule has 0 aliphatic carbocycles. The van der Waals surface area contributed by atoms with E-state index in [2.05, 4.69) is 30.9 Å². The zero-order valence-corrected chi connectivity index (χ0v) is 20.7. The minimum absolute atomic E-state index is 0.125. The Bertz CT molecular complexity index is 1260. The van der Waals surface area contributed by atoms with Crippen LogP contribution in [-0.2, 0) is 4.79 Å². The van der Waals surface area contributed by atoms with Crippen molar-refractivity contribution < 1.29 is 14.3 Å². The summed E-state index contributed by atoms with van der Waals surface area (Å²) in [6, 6.07) is 21.5. The van der Waals surface area contributed by atoms with Crippen LogP contribution in [0.2, 0.25) is 5.02 Å². The van der Waals surface area contributed by atoms with Gasteiger partial charge in [0, 0.05) is 42.0 Å². The number of hydrogen-bond donors (Lipinski definition) is 0. The second-order valence-electron chi connectivity index (χ2n) is 8.35. The number of benzene rings is 3. The Kier molecular flexibility index (Phi) is 6.26. The van der Waals surface area contributed by atoms with E-state index >= 15 is 0 Å². The number of anilines is 3. The van der Waals surface area contributed by atoms with Crippen molar-refractivity contribution in [1.29, 1.82) is 0 Å². The maximum absolute atomic E-state index is 12.8. The molecule has 0 bridgehead atoms. The highest BCUT2D eigenvalue weighted by molar-refractivity contribution is 6.44. The third kappa shape index (κ3) is 4.28. The summed E-state index contributed by atoms with van der Waals surface area (Å²) in [7, 11) is 0. The molecule has 1 atom stereocenters. The number of ketones is 1. The number of nitrogens with zero attached hydrogens (tertiary/aromatic N) is 4. The minimum Gasteiger partial charge on any atom is -0.454 e. The van der Waals surface area contributed by atoms with Crippen molar-refractivity contribution >= 4 is 40.3 Å². The molecule has 5 rings (SSSR count). The Morgan fingerprint density at radius 2 is 1.63 bits per heavy atom. The SMILES string of the molecule is CCN(CC)c1ccc(N2C(C(C)=O)=NN(c3ccc(Cl)cc3)[C@H]2c2ccc3c(c2)OCO3)cc1. The molecule has 35 heavy (non-hydrogen) atoms. The number of hydrogen-bond acceptors (Lipinski definition) is 7. The zero-order chi connectivity index (χ0) is 24.5. The van der Waals surface area contributed by atoms with Crippen LogP contribution in [0.3, 0.4) is 0 Å². The molecule has 3 aromatic rings. The van der Waals surface area contributed by atoms with Crippen LogP contribution in [0.1, 0.15) is 32.5 Å². The van der Waals surface area contributed by atoms with Crippen molar-refractivity contribution in [2.75, 3.05) is 34.7 Å². The summed E-state index contributed by atoms with van der Waals surface area (Å²) in [6.07, 6.45) is -0.413. The van der Waals surface area contributed by atoms with E-state index in [4.69, 9.17) is 26.2 Å². The molecular formula is C27H27ClN4O3. The van der Waals surface area contributed by atoms with E-state index in [0.717, 1.165) is 35.7 Å². The molecule has 0 unspecified atom stereocenters. The predicted molar refractivity (Wildman–Crippen MR) is 140 cm³/mol. The first-order valence-electron chi connectivity index (χ1n) is 11.7. The normalized spacial score (nSPS) is 16.5. The zero-order valence-electron chi connectivity index (χ0n) is 19.9. The van der Waals surface area contributed by atoms with Gasteiger partial charge in [-0.15, -0.1) is 5.10 Å². The molecule has 0 saturated carbocycles. The van der Waals surface area contributed by atoms with Gasteiger partial charge in [0.1, 0.15) is 0 Å². The van der Waals surface area contributed by atoms with Crippen LogP contribution in [0.5, 0.6) is 11.5 Å². The lowest BCUT2D eigenvalue weighted by Crippen LogP contribution is -2.37. The second kappa shape index (κ2) is 9.50. The van der Waals surface area contributed by atoms with Gasteiger partial charge in [0.2, 0.25) is 6.79 Å². The fraction of sp³-hybridized carbons (Fsp3) is 0.259. The highest BCUT2D eigenvalue weighted by Crippen LogP contribution is 2.43. The Labute approximate surface area is 210 Å². The van der Waals surface area contributed by atoms with Crippen LogP contribution in [0, 0.1) is 0 Å². The predicted octanol–water partition coefficient (Wildman–Crippen LogP) is 5.84. The number of rotatable bonds is 7. The molecule has 7 nitrogen and oxygen atoms in total. The summed E-state index contributed by atoms with van der Waals surface area (Å²) in [5.74, 6) is 1.61. The van der Waals surface area contributed by atoms with Gasteiger partial charge < -0.3 is 14.4 Å². The Hall–Kier alpha value is -3.71. The van der Waals surface area contributed by atoms with Gasteiger partial charge in [-0.25, -0.2) is 5.01 Å². The standard InChI is InChI=1S/C27H27ClN4O3/c1-4-30(5-2)21-11-13-22(14-12-21)31-26(18(3)33)29-32(23-9-7-20(28)8-10-23)27(31)19-6-15-24-25(16-19)35-17-34-24/h6-16,27H,4-5,17H2,1-3H3/t27-/m0/s1. The van der Waals surface area contributed by atoms with Gasteiger partial charge in [0.05, 0.1) is 5.69 Å². The van der Waals surface area contributed by atoms with Gasteiger partial charge in [-0.05, 0) is 74.5 Å². The lowest BCUT2D eigenvalue weighted by atomic mass is 10.1. The number of hydrazone groups is 1. The number of halogens is 1. The fourth-order valence-electron chi connectivity index (χ4n) is 4.50. The van der Waals surface area contributed by atoms with Gasteiger partial charge in [-0.1, -0.05) is 17.7 Å². The van der Waals surface area contributed by atoms with E-state index in [1.54, 1.807) is 0 Å². The molecule has 8 heteroatoms. The Morgan fingerprint density at radius 1 is 0.971 bits per heavy atom. The second-order valence-corrected chi connectivity index (χ2v) is 8.78. The van der Waals surface area contributed by atoms with Crippen LogP contribution >= 0.6 is 11.6 Å². The quantitative estimate of drug-likeness (QED) is 0.414. The summed E-state index contributed by atoms with van der Waals surface area (Å²) < 4.78 is 11.2. The summed E-state index contributed by atoms with van der Waals surface area (Å²) in [4.78, 5) is 17.1. The van der Waals surface area contributed by atoms with E-state index in [9.17, 15) is 4.79 Å². The first-order valence-corrected chi connectivity index (χ1v) is 12.1. The average molecular weight is 491 g/mol. The van der Waals surface area contributed by atoms with Crippen molar-refractivity contribution in [2.45, 2.75) is 26.9 Å². The summed E-state index contributed by atoms with van der Waals surface area (Å²) in [6.45, 7) is 7.85. The van der Waals surface area contributed by atoms with Gasteiger partial charge in [0.15, 0.2) is 29.3 Å². The monoisotopic (exact) mass is 490 g/mol. The van der Waals surface area contributed by atoms with Crippen LogP contribution in [-0.4, -0.2) is 31.5 Å². The lowest BCUT2D eigenvalue weighted by molar-refractivity contribution is -0.111. The highest BCUT2D eigenvalue weighted by atomic mass is 35.5. The maximum atomic E-state index is 12.8. The molecule has 0 amide bonds. The largest absolute Gasteiger partial charge is 0.454 e. The number of fused-ring (bicyclic) bond motifs is 1.